The van der Waals surface area contributed by atoms with Crippen LogP contribution in [0.5, 0.6) is 0 Å². The van der Waals surface area contributed by atoms with E-state index in [1.165, 1.54) is 12.1 Å². The number of nitrogens with one attached hydrogen (secondary N) is 2. The van der Waals surface area contributed by atoms with E-state index in [4.69, 9.17) is 5.26 Å². The summed E-state index contributed by atoms with van der Waals surface area (Å²) in [6, 6.07) is 8.64. The Morgan fingerprint density at radius 2 is 1.68 bits per heavy atom. The van der Waals surface area contributed by atoms with Crippen molar-refractivity contribution in [3.63, 3.8) is 0 Å². The largest absolute Gasteiger partial charge is 0.346 e. The summed E-state index contributed by atoms with van der Waals surface area (Å²) in [4.78, 5) is 33.2. The molecule has 1 unspecified atom stereocenters. The molecule has 2 atom stereocenters. The van der Waals surface area contributed by atoms with E-state index in [1.54, 1.807) is 18.2 Å². The van der Waals surface area contributed by atoms with Gasteiger partial charge in [-0.2, -0.15) is 5.26 Å². The number of aryl methyl sites for hydroxylation is 1. The molecule has 0 bridgehead atoms. The second-order valence-corrected chi connectivity index (χ2v) is 10.9. The first-order chi connectivity index (χ1) is 19.7. The molecule has 2 aromatic rings. The van der Waals surface area contributed by atoms with Crippen molar-refractivity contribution in [1.29, 1.82) is 5.26 Å². The minimum absolute atomic E-state index is 0.104. The van der Waals surface area contributed by atoms with E-state index in [-0.39, 0.29) is 17.7 Å². The highest BCUT2D eigenvalue weighted by molar-refractivity contribution is 6.00. The van der Waals surface area contributed by atoms with Gasteiger partial charge in [-0.1, -0.05) is 20.8 Å². The van der Waals surface area contributed by atoms with Crippen molar-refractivity contribution in [1.82, 2.24) is 15.5 Å². The zero-order valence-electron chi connectivity index (χ0n) is 24.5. The van der Waals surface area contributed by atoms with Gasteiger partial charge in [0.2, 0.25) is 0 Å². The summed E-state index contributed by atoms with van der Waals surface area (Å²) in [5.41, 5.74) is 1.43. The monoisotopic (exact) mass is 565 g/mol. The molecule has 220 valence electrons. The van der Waals surface area contributed by atoms with Crippen LogP contribution in [0.3, 0.4) is 0 Å². The van der Waals surface area contributed by atoms with Crippen LogP contribution in [-0.2, 0) is 0 Å². The third kappa shape index (κ3) is 8.59. The molecule has 1 aliphatic carbocycles. The van der Waals surface area contributed by atoms with Crippen LogP contribution >= 0.6 is 0 Å². The molecule has 3 rings (SSSR count). The number of halogens is 2. The van der Waals surface area contributed by atoms with Crippen LogP contribution in [0.15, 0.2) is 41.4 Å². The van der Waals surface area contributed by atoms with Crippen molar-refractivity contribution in [3.8, 4) is 6.19 Å². The van der Waals surface area contributed by atoms with Crippen molar-refractivity contribution in [2.24, 2.45) is 4.99 Å². The molecular formula is C32H41F2N5O2. The van der Waals surface area contributed by atoms with Gasteiger partial charge in [0.15, 0.2) is 6.19 Å². The molecule has 0 radical (unpaired) electrons. The van der Waals surface area contributed by atoms with E-state index in [0.29, 0.717) is 67.8 Å². The van der Waals surface area contributed by atoms with Gasteiger partial charge in [-0.15, -0.1) is 0 Å². The second kappa shape index (κ2) is 14.7. The summed E-state index contributed by atoms with van der Waals surface area (Å²) in [6.07, 6.45) is 6.76. The van der Waals surface area contributed by atoms with Crippen molar-refractivity contribution in [3.05, 3.63) is 70.3 Å². The van der Waals surface area contributed by atoms with Gasteiger partial charge in [-0.05, 0) is 86.9 Å². The van der Waals surface area contributed by atoms with Crippen molar-refractivity contribution in [2.45, 2.75) is 84.1 Å². The zero-order valence-corrected chi connectivity index (χ0v) is 24.5. The standard InChI is InChI=1S/C32H41F2N5O2/c1-5-9-29(37-21-35)36-11-8-10-32(20-28(32)23-17-26(33)19-27(34)18-23)38-30(40)24-14-22(4)15-25(16-24)31(41)39(12-6-2)13-7-3/h14-19,28H,5-13,20H2,1-4H3,(H,36,37)(H,38,40)/t28-,32?/m0/s1. The number of amides is 2. The van der Waals surface area contributed by atoms with E-state index >= 15 is 0 Å². The minimum atomic E-state index is -0.704. The first-order valence-corrected chi connectivity index (χ1v) is 14.5. The Hall–Kier alpha value is -3.80. The topological polar surface area (TPSA) is 97.6 Å². The number of nitriles is 1. The van der Waals surface area contributed by atoms with E-state index < -0.39 is 17.2 Å². The van der Waals surface area contributed by atoms with Crippen LogP contribution in [0.1, 0.15) is 103 Å². The molecule has 2 aromatic carbocycles. The van der Waals surface area contributed by atoms with Gasteiger partial charge in [0.1, 0.15) is 17.5 Å². The number of hydrogen-bond acceptors (Lipinski definition) is 4. The predicted octanol–water partition coefficient (Wildman–Crippen LogP) is 6.24. The Morgan fingerprint density at radius 3 is 2.29 bits per heavy atom. The molecule has 1 saturated carbocycles. The number of aliphatic imine (C=N–C) groups is 1. The van der Waals surface area contributed by atoms with Crippen LogP contribution in [0.2, 0.25) is 0 Å². The fourth-order valence-corrected chi connectivity index (χ4v) is 5.46. The lowest BCUT2D eigenvalue weighted by Gasteiger charge is -2.23. The Labute approximate surface area is 242 Å². The Bertz CT molecular complexity index is 1280. The summed E-state index contributed by atoms with van der Waals surface area (Å²) >= 11 is 0. The Balaban J connectivity index is 1.84. The highest BCUT2D eigenvalue weighted by Crippen LogP contribution is 2.54. The van der Waals surface area contributed by atoms with Crippen LogP contribution in [-0.4, -0.2) is 47.7 Å². The lowest BCUT2D eigenvalue weighted by molar-refractivity contribution is 0.0755. The normalized spacial score (nSPS) is 18.0. The maximum absolute atomic E-state index is 14.1. The lowest BCUT2D eigenvalue weighted by Crippen LogP contribution is -2.39. The van der Waals surface area contributed by atoms with Gasteiger partial charge in [0.25, 0.3) is 11.8 Å². The molecule has 1 aliphatic rings. The van der Waals surface area contributed by atoms with Gasteiger partial charge in [0.05, 0.1) is 0 Å². The van der Waals surface area contributed by atoms with Crippen LogP contribution in [0.25, 0.3) is 0 Å². The van der Waals surface area contributed by atoms with Gasteiger partial charge >= 0.3 is 0 Å². The molecule has 2 amide bonds. The molecule has 0 saturated heterocycles. The van der Waals surface area contributed by atoms with Gasteiger partial charge in [-0.3, -0.25) is 19.9 Å². The highest BCUT2D eigenvalue weighted by atomic mass is 19.1. The van der Waals surface area contributed by atoms with Gasteiger partial charge in [0, 0.05) is 54.7 Å². The van der Waals surface area contributed by atoms with E-state index in [2.05, 4.69) is 15.6 Å². The summed E-state index contributed by atoms with van der Waals surface area (Å²) < 4.78 is 28.1. The molecule has 0 aliphatic heterocycles. The third-order valence-corrected chi connectivity index (χ3v) is 7.36. The number of nitrogens with zero attached hydrogens (tertiary/aromatic N) is 3. The van der Waals surface area contributed by atoms with E-state index in [0.717, 1.165) is 30.9 Å². The predicted molar refractivity (Wildman–Crippen MR) is 157 cm³/mol. The molecule has 0 heterocycles. The highest BCUT2D eigenvalue weighted by Gasteiger charge is 2.55. The van der Waals surface area contributed by atoms with Crippen LogP contribution in [0.4, 0.5) is 8.78 Å². The fourth-order valence-electron chi connectivity index (χ4n) is 5.46. The summed E-state index contributed by atoms with van der Waals surface area (Å²) in [7, 11) is 0. The smallest absolute Gasteiger partial charge is 0.253 e. The van der Waals surface area contributed by atoms with Crippen molar-refractivity contribution >= 4 is 17.6 Å². The second-order valence-electron chi connectivity index (χ2n) is 10.9. The number of carbonyl (C=O) groups excluding carboxylic acids is 2. The third-order valence-electron chi connectivity index (χ3n) is 7.36. The number of amidine groups is 1. The maximum Gasteiger partial charge on any atom is 0.253 e. The SMILES string of the molecule is CCCC(=NCCCC1(NC(=O)c2cc(C)cc(C(=O)N(CCC)CCC)c2)C[C@H]1c1cc(F)cc(F)c1)NC#N. The summed E-state index contributed by atoms with van der Waals surface area (Å²) in [5.74, 6) is -1.40. The molecule has 1 fully saturated rings. The summed E-state index contributed by atoms with van der Waals surface area (Å²) in [6.45, 7) is 9.63. The minimum Gasteiger partial charge on any atom is -0.346 e. The Morgan fingerprint density at radius 1 is 1.02 bits per heavy atom. The molecule has 2 N–H and O–H groups in total. The Kier molecular flexibility index (Phi) is 11.4. The molecule has 7 nitrogen and oxygen atoms in total. The van der Waals surface area contributed by atoms with Crippen LogP contribution in [0, 0.1) is 30.0 Å². The first-order valence-electron chi connectivity index (χ1n) is 14.5. The van der Waals surface area contributed by atoms with Gasteiger partial charge < -0.3 is 10.2 Å². The first kappa shape index (κ1) is 31.7. The van der Waals surface area contributed by atoms with Crippen LogP contribution < -0.4 is 10.6 Å². The number of hydrogen-bond donors (Lipinski definition) is 2. The molecule has 41 heavy (non-hydrogen) atoms. The molecule has 0 aromatic heterocycles. The van der Waals surface area contributed by atoms with E-state index in [1.807, 2.05) is 38.8 Å². The van der Waals surface area contributed by atoms with E-state index in [9.17, 15) is 18.4 Å². The summed E-state index contributed by atoms with van der Waals surface area (Å²) in [5, 5.41) is 14.7. The number of rotatable bonds is 14. The number of carbonyl (C=O) groups is 2. The fraction of sp³-hybridized carbons (Fsp3) is 0.500. The quantitative estimate of drug-likeness (QED) is 0.0931. The van der Waals surface area contributed by atoms with Crippen molar-refractivity contribution < 1.29 is 18.4 Å². The average Bonchev–Trinajstić information content (AvgIpc) is 3.63. The molecule has 0 spiro atoms. The lowest BCUT2D eigenvalue weighted by atomic mass is 9.99. The van der Waals surface area contributed by atoms with Gasteiger partial charge in [-0.25, -0.2) is 8.78 Å². The zero-order chi connectivity index (χ0) is 30.0. The maximum atomic E-state index is 14.1. The molecular weight excluding hydrogens is 524 g/mol. The molecule has 9 heteroatoms. The average molecular weight is 566 g/mol. The number of benzene rings is 2. The van der Waals surface area contributed by atoms with Crippen molar-refractivity contribution in [2.75, 3.05) is 19.6 Å².